The van der Waals surface area contributed by atoms with Crippen molar-refractivity contribution < 1.29 is 9.53 Å². The summed E-state index contributed by atoms with van der Waals surface area (Å²) in [5.41, 5.74) is 4.68. The fraction of sp³-hybridized carbons (Fsp3) is 0.219. The number of hydrogen-bond donors (Lipinski definition) is 0. The number of aryl methyl sites for hydroxylation is 1. The molecule has 4 aromatic carbocycles. The van der Waals surface area contributed by atoms with Crippen LogP contribution in [0.4, 0.5) is 0 Å². The third-order valence-electron chi connectivity index (χ3n) is 5.03. The smallest absolute Gasteiger partial charge is 0.320 e. The molecule has 0 N–H and O–H groups in total. The molecule has 4 rings (SSSR count). The first-order chi connectivity index (χ1) is 17.2. The van der Waals surface area contributed by atoms with Gasteiger partial charge in [-0.3, -0.25) is 9.69 Å². The lowest BCUT2D eigenvalue weighted by atomic mass is 10.1. The van der Waals surface area contributed by atoms with Crippen molar-refractivity contribution >= 4 is 5.97 Å². The number of benzene rings is 4. The highest BCUT2D eigenvalue weighted by molar-refractivity contribution is 5.71. The molecule has 0 aliphatic heterocycles. The van der Waals surface area contributed by atoms with Crippen LogP contribution in [0.15, 0.2) is 121 Å². The molecule has 0 bridgehead atoms. The summed E-state index contributed by atoms with van der Waals surface area (Å²) in [6.45, 7) is 8.06. The van der Waals surface area contributed by atoms with Crippen LogP contribution in [-0.4, -0.2) is 17.4 Å². The van der Waals surface area contributed by atoms with Crippen LogP contribution in [0.5, 0.6) is 0 Å². The Morgan fingerprint density at radius 1 is 0.600 bits per heavy atom. The van der Waals surface area contributed by atoms with Crippen LogP contribution in [0.1, 0.15) is 36.1 Å². The highest BCUT2D eigenvalue weighted by atomic mass is 16.5. The zero-order valence-corrected chi connectivity index (χ0v) is 21.1. The maximum atomic E-state index is 12.3. The molecule has 0 saturated heterocycles. The van der Waals surface area contributed by atoms with Gasteiger partial charge in [0.15, 0.2) is 0 Å². The summed E-state index contributed by atoms with van der Waals surface area (Å²) in [7, 11) is 0. The number of carbonyl (C=O) groups is 1. The zero-order valence-electron chi connectivity index (χ0n) is 21.1. The van der Waals surface area contributed by atoms with Crippen molar-refractivity contribution in [2.75, 3.05) is 6.54 Å². The summed E-state index contributed by atoms with van der Waals surface area (Å²) in [5, 5.41) is 0. The van der Waals surface area contributed by atoms with Crippen LogP contribution < -0.4 is 0 Å². The monoisotopic (exact) mass is 467 g/mol. The Bertz CT molecular complexity index is 1010. The van der Waals surface area contributed by atoms with E-state index in [0.717, 1.165) is 5.56 Å². The maximum Gasteiger partial charge on any atom is 0.320 e. The van der Waals surface area contributed by atoms with Gasteiger partial charge in [-0.2, -0.15) is 0 Å². The normalized spacial score (nSPS) is 9.83. The highest BCUT2D eigenvalue weighted by Crippen LogP contribution is 2.11. The molecule has 0 amide bonds. The Morgan fingerprint density at radius 3 is 1.34 bits per heavy atom. The van der Waals surface area contributed by atoms with Crippen LogP contribution in [-0.2, 0) is 29.2 Å². The molecule has 0 spiro atoms. The van der Waals surface area contributed by atoms with Crippen molar-refractivity contribution in [1.29, 1.82) is 0 Å². The van der Waals surface area contributed by atoms with Crippen molar-refractivity contribution in [1.82, 2.24) is 4.90 Å². The SMILES string of the molecule is CC.Cc1ccccc1.O=C(CN(Cc1ccccc1)Cc1ccccc1)OCc1ccccc1. The van der Waals surface area contributed by atoms with E-state index in [9.17, 15) is 4.79 Å². The quantitative estimate of drug-likeness (QED) is 0.252. The number of ether oxygens (including phenoxy) is 1. The molecule has 3 nitrogen and oxygen atoms in total. The molecule has 0 unspecified atom stereocenters. The van der Waals surface area contributed by atoms with Gasteiger partial charge in [0.05, 0.1) is 6.54 Å². The first-order valence-corrected chi connectivity index (χ1v) is 12.2. The molecule has 0 atom stereocenters. The molecule has 0 radical (unpaired) electrons. The van der Waals surface area contributed by atoms with Gasteiger partial charge < -0.3 is 4.74 Å². The largest absolute Gasteiger partial charge is 0.460 e. The number of nitrogens with zero attached hydrogens (tertiary/aromatic N) is 1. The first-order valence-electron chi connectivity index (χ1n) is 12.2. The van der Waals surface area contributed by atoms with Gasteiger partial charge in [-0.05, 0) is 23.6 Å². The second kappa shape index (κ2) is 16.9. The van der Waals surface area contributed by atoms with Crippen molar-refractivity contribution in [2.24, 2.45) is 0 Å². The van der Waals surface area contributed by atoms with Gasteiger partial charge in [-0.15, -0.1) is 0 Å². The van der Waals surface area contributed by atoms with Crippen molar-refractivity contribution in [3.05, 3.63) is 144 Å². The summed E-state index contributed by atoms with van der Waals surface area (Å²) >= 11 is 0. The molecular weight excluding hydrogens is 430 g/mol. The second-order valence-electron chi connectivity index (χ2n) is 7.92. The molecule has 3 heteroatoms. The van der Waals surface area contributed by atoms with E-state index >= 15 is 0 Å². The van der Waals surface area contributed by atoms with E-state index in [2.05, 4.69) is 48.2 Å². The zero-order chi connectivity index (χ0) is 25.1. The third-order valence-corrected chi connectivity index (χ3v) is 5.03. The minimum atomic E-state index is -0.208. The van der Waals surface area contributed by atoms with E-state index in [0.29, 0.717) is 19.7 Å². The molecule has 0 aromatic heterocycles. The van der Waals surface area contributed by atoms with Gasteiger partial charge in [0.25, 0.3) is 0 Å². The summed E-state index contributed by atoms with van der Waals surface area (Å²) in [6.07, 6.45) is 0. The molecule has 35 heavy (non-hydrogen) atoms. The lowest BCUT2D eigenvalue weighted by Gasteiger charge is -2.21. The van der Waals surface area contributed by atoms with Gasteiger partial charge in [-0.25, -0.2) is 0 Å². The topological polar surface area (TPSA) is 29.5 Å². The lowest BCUT2D eigenvalue weighted by Crippen LogP contribution is -2.30. The highest BCUT2D eigenvalue weighted by Gasteiger charge is 2.13. The summed E-state index contributed by atoms with van der Waals surface area (Å²) in [4.78, 5) is 14.5. The Morgan fingerprint density at radius 2 is 0.971 bits per heavy atom. The Labute approximate surface area is 211 Å². The van der Waals surface area contributed by atoms with E-state index < -0.39 is 0 Å². The molecule has 0 heterocycles. The van der Waals surface area contributed by atoms with Crippen molar-refractivity contribution in [3.63, 3.8) is 0 Å². The van der Waals surface area contributed by atoms with Crippen molar-refractivity contribution in [3.8, 4) is 0 Å². The molecular formula is C32H37NO2. The third kappa shape index (κ3) is 11.8. The number of rotatable bonds is 8. The summed E-state index contributed by atoms with van der Waals surface area (Å²) < 4.78 is 5.45. The van der Waals surface area contributed by atoms with Crippen LogP contribution in [0, 0.1) is 6.92 Å². The van der Waals surface area contributed by atoms with Gasteiger partial charge in [0.1, 0.15) is 6.61 Å². The Balaban J connectivity index is 0.000000407. The van der Waals surface area contributed by atoms with E-state index in [1.807, 2.05) is 98.8 Å². The van der Waals surface area contributed by atoms with Crippen LogP contribution in [0.3, 0.4) is 0 Å². The second-order valence-corrected chi connectivity index (χ2v) is 7.92. The fourth-order valence-corrected chi connectivity index (χ4v) is 3.35. The van der Waals surface area contributed by atoms with Gasteiger partial charge in [0, 0.05) is 13.1 Å². The fourth-order valence-electron chi connectivity index (χ4n) is 3.35. The van der Waals surface area contributed by atoms with Gasteiger partial charge in [-0.1, -0.05) is 141 Å². The van der Waals surface area contributed by atoms with Crippen LogP contribution in [0.25, 0.3) is 0 Å². The number of hydrogen-bond acceptors (Lipinski definition) is 3. The molecule has 0 aliphatic carbocycles. The molecule has 0 saturated carbocycles. The average Bonchev–Trinajstić information content (AvgIpc) is 2.91. The minimum absolute atomic E-state index is 0.208. The predicted octanol–water partition coefficient (Wildman–Crippen LogP) is 7.45. The molecule has 0 aliphatic rings. The Hall–Kier alpha value is -3.69. The van der Waals surface area contributed by atoms with E-state index in [-0.39, 0.29) is 12.5 Å². The minimum Gasteiger partial charge on any atom is -0.460 e. The van der Waals surface area contributed by atoms with E-state index in [1.54, 1.807) is 0 Å². The Kier molecular flexibility index (Phi) is 13.3. The van der Waals surface area contributed by atoms with Crippen LogP contribution >= 0.6 is 0 Å². The molecule has 0 fully saturated rings. The summed E-state index contributed by atoms with van der Waals surface area (Å²) in [6, 6.07) is 40.4. The standard InChI is InChI=1S/C23H23NO2.C7H8.C2H6/c25-23(26-19-22-14-8-3-9-15-22)18-24(16-20-10-4-1-5-11-20)17-21-12-6-2-7-13-21;1-7-5-3-2-4-6-7;1-2/h1-15H,16-19H2;2-6H,1H3;1-2H3. The van der Waals surface area contributed by atoms with E-state index in [4.69, 9.17) is 4.74 Å². The molecule has 4 aromatic rings. The van der Waals surface area contributed by atoms with Crippen molar-refractivity contribution in [2.45, 2.75) is 40.5 Å². The first kappa shape index (κ1) is 27.6. The maximum absolute atomic E-state index is 12.3. The summed E-state index contributed by atoms with van der Waals surface area (Å²) in [5.74, 6) is -0.208. The van der Waals surface area contributed by atoms with Gasteiger partial charge in [0.2, 0.25) is 0 Å². The molecule has 182 valence electrons. The van der Waals surface area contributed by atoms with E-state index in [1.165, 1.54) is 16.7 Å². The van der Waals surface area contributed by atoms with Crippen LogP contribution in [0.2, 0.25) is 0 Å². The number of esters is 1. The predicted molar refractivity (Wildman–Crippen MR) is 146 cm³/mol. The van der Waals surface area contributed by atoms with Gasteiger partial charge >= 0.3 is 5.97 Å². The lowest BCUT2D eigenvalue weighted by molar-refractivity contribution is -0.146. The number of carbonyl (C=O) groups excluding carboxylic acids is 1. The average molecular weight is 468 g/mol.